The third kappa shape index (κ3) is 2.18. The lowest BCUT2D eigenvalue weighted by molar-refractivity contribution is -0.131. The van der Waals surface area contributed by atoms with Crippen molar-refractivity contribution in [2.75, 3.05) is 0 Å². The standard InChI is InChI=1S/C17H16ClN3O2/c18-13-6-5-11-4-3-9-19-14(11)12(13)10-21-15(22)17(20-16(21)23)7-1-2-8-17/h3-6,9H,1-2,7-8,10H2,(H,20,23). The molecule has 2 aliphatic rings. The summed E-state index contributed by atoms with van der Waals surface area (Å²) in [5, 5.41) is 4.35. The van der Waals surface area contributed by atoms with Gasteiger partial charge in [-0.15, -0.1) is 0 Å². The van der Waals surface area contributed by atoms with Gasteiger partial charge in [0.15, 0.2) is 0 Å². The maximum Gasteiger partial charge on any atom is 0.325 e. The molecule has 1 aliphatic heterocycles. The number of halogens is 1. The molecule has 4 rings (SSSR count). The van der Waals surface area contributed by atoms with Crippen LogP contribution in [0.25, 0.3) is 10.9 Å². The van der Waals surface area contributed by atoms with Crippen molar-refractivity contribution in [3.05, 3.63) is 41.0 Å². The lowest BCUT2D eigenvalue weighted by Crippen LogP contribution is -2.44. The smallest absolute Gasteiger partial charge is 0.323 e. The Labute approximate surface area is 138 Å². The fourth-order valence-corrected chi connectivity index (χ4v) is 3.84. The van der Waals surface area contributed by atoms with Crippen molar-refractivity contribution in [2.45, 2.75) is 37.8 Å². The lowest BCUT2D eigenvalue weighted by atomic mass is 9.98. The summed E-state index contributed by atoms with van der Waals surface area (Å²) < 4.78 is 0. The number of fused-ring (bicyclic) bond motifs is 1. The summed E-state index contributed by atoms with van der Waals surface area (Å²) in [6.07, 6.45) is 5.06. The van der Waals surface area contributed by atoms with Crippen LogP contribution in [-0.2, 0) is 11.3 Å². The van der Waals surface area contributed by atoms with E-state index in [4.69, 9.17) is 11.6 Å². The van der Waals surface area contributed by atoms with E-state index < -0.39 is 5.54 Å². The van der Waals surface area contributed by atoms with Crippen molar-refractivity contribution in [1.29, 1.82) is 0 Å². The largest absolute Gasteiger partial charge is 0.325 e. The number of imide groups is 1. The van der Waals surface area contributed by atoms with Crippen LogP contribution in [0, 0.1) is 0 Å². The molecule has 2 aromatic rings. The Morgan fingerprint density at radius 2 is 2.00 bits per heavy atom. The van der Waals surface area contributed by atoms with E-state index in [0.717, 1.165) is 36.6 Å². The average molecular weight is 330 g/mol. The molecule has 1 aliphatic carbocycles. The number of aromatic nitrogens is 1. The molecular weight excluding hydrogens is 314 g/mol. The van der Waals surface area contributed by atoms with Gasteiger partial charge < -0.3 is 5.32 Å². The lowest BCUT2D eigenvalue weighted by Gasteiger charge is -2.20. The number of hydrogen-bond acceptors (Lipinski definition) is 3. The van der Waals surface area contributed by atoms with Crippen molar-refractivity contribution in [1.82, 2.24) is 15.2 Å². The predicted octanol–water partition coefficient (Wildman–Crippen LogP) is 3.25. The third-order valence-corrected chi connectivity index (χ3v) is 5.20. The Hall–Kier alpha value is -2.14. The highest BCUT2D eigenvalue weighted by molar-refractivity contribution is 6.32. The van der Waals surface area contributed by atoms with Gasteiger partial charge in [0.2, 0.25) is 0 Å². The van der Waals surface area contributed by atoms with Crippen LogP contribution >= 0.6 is 11.6 Å². The number of nitrogens with zero attached hydrogens (tertiary/aromatic N) is 2. The summed E-state index contributed by atoms with van der Waals surface area (Å²) in [5.41, 5.74) is 0.748. The Bertz CT molecular complexity index is 815. The predicted molar refractivity (Wildman–Crippen MR) is 87.0 cm³/mol. The van der Waals surface area contributed by atoms with E-state index in [0.29, 0.717) is 10.6 Å². The Morgan fingerprint density at radius 3 is 2.78 bits per heavy atom. The SMILES string of the molecule is O=C1NC2(CCCC2)C(=O)N1Cc1c(Cl)ccc2cccnc12. The molecule has 23 heavy (non-hydrogen) atoms. The highest BCUT2D eigenvalue weighted by Gasteiger charge is 2.52. The second-order valence-corrected chi connectivity index (χ2v) is 6.62. The summed E-state index contributed by atoms with van der Waals surface area (Å²) in [4.78, 5) is 30.7. The highest BCUT2D eigenvalue weighted by Crippen LogP contribution is 2.36. The number of carbonyl (C=O) groups is 2. The van der Waals surface area contributed by atoms with Crippen LogP contribution in [0.4, 0.5) is 4.79 Å². The van der Waals surface area contributed by atoms with E-state index in [9.17, 15) is 9.59 Å². The van der Waals surface area contributed by atoms with E-state index in [1.165, 1.54) is 4.90 Å². The Balaban J connectivity index is 1.72. The number of amides is 3. The second kappa shape index (κ2) is 5.20. The minimum atomic E-state index is -0.693. The summed E-state index contributed by atoms with van der Waals surface area (Å²) in [6.45, 7) is 0.152. The van der Waals surface area contributed by atoms with Crippen molar-refractivity contribution in [3.8, 4) is 0 Å². The van der Waals surface area contributed by atoms with Gasteiger partial charge in [0, 0.05) is 22.2 Å². The number of carbonyl (C=O) groups excluding carboxylic acids is 2. The zero-order valence-corrected chi connectivity index (χ0v) is 13.3. The van der Waals surface area contributed by atoms with Gasteiger partial charge >= 0.3 is 6.03 Å². The van der Waals surface area contributed by atoms with Gasteiger partial charge in [-0.2, -0.15) is 0 Å². The first-order valence-corrected chi connectivity index (χ1v) is 8.15. The monoisotopic (exact) mass is 329 g/mol. The molecule has 3 amide bonds. The van der Waals surface area contributed by atoms with Gasteiger partial charge in [0.1, 0.15) is 5.54 Å². The van der Waals surface area contributed by atoms with Crippen LogP contribution in [0.2, 0.25) is 5.02 Å². The fraction of sp³-hybridized carbons (Fsp3) is 0.353. The van der Waals surface area contributed by atoms with E-state index in [-0.39, 0.29) is 18.5 Å². The quantitative estimate of drug-likeness (QED) is 0.860. The van der Waals surface area contributed by atoms with E-state index in [1.807, 2.05) is 18.2 Å². The first-order chi connectivity index (χ1) is 11.1. The molecule has 1 spiro atoms. The fourth-order valence-electron chi connectivity index (χ4n) is 3.63. The minimum absolute atomic E-state index is 0.135. The van der Waals surface area contributed by atoms with Gasteiger partial charge in [0.25, 0.3) is 5.91 Å². The summed E-state index contributed by atoms with van der Waals surface area (Å²) in [7, 11) is 0. The van der Waals surface area contributed by atoms with Crippen molar-refractivity contribution in [3.63, 3.8) is 0 Å². The molecule has 0 unspecified atom stereocenters. The molecule has 2 fully saturated rings. The molecule has 2 heterocycles. The van der Waals surface area contributed by atoms with Crippen molar-refractivity contribution in [2.24, 2.45) is 0 Å². The van der Waals surface area contributed by atoms with Crippen LogP contribution in [0.5, 0.6) is 0 Å². The molecular formula is C17H16ClN3O2. The number of pyridine rings is 1. The molecule has 0 bridgehead atoms. The Morgan fingerprint density at radius 1 is 1.22 bits per heavy atom. The molecule has 1 aromatic carbocycles. The highest BCUT2D eigenvalue weighted by atomic mass is 35.5. The van der Waals surface area contributed by atoms with Crippen molar-refractivity contribution < 1.29 is 9.59 Å². The van der Waals surface area contributed by atoms with Crippen LogP contribution in [0.3, 0.4) is 0 Å². The van der Waals surface area contributed by atoms with E-state index in [2.05, 4.69) is 10.3 Å². The molecule has 1 saturated carbocycles. The summed E-state index contributed by atoms with van der Waals surface area (Å²) in [6, 6.07) is 7.12. The first kappa shape index (κ1) is 14.5. The molecule has 6 heteroatoms. The summed E-state index contributed by atoms with van der Waals surface area (Å²) in [5.74, 6) is -0.135. The average Bonchev–Trinajstić information content (AvgIpc) is 3.11. The normalized spacial score (nSPS) is 19.8. The number of nitrogens with one attached hydrogen (secondary N) is 1. The molecule has 118 valence electrons. The van der Waals surface area contributed by atoms with Gasteiger partial charge in [0.05, 0.1) is 12.1 Å². The number of hydrogen-bond donors (Lipinski definition) is 1. The van der Waals surface area contributed by atoms with E-state index >= 15 is 0 Å². The van der Waals surface area contributed by atoms with Gasteiger partial charge in [-0.25, -0.2) is 4.79 Å². The first-order valence-electron chi connectivity index (χ1n) is 7.77. The minimum Gasteiger partial charge on any atom is -0.323 e. The molecule has 0 atom stereocenters. The number of benzene rings is 1. The molecule has 0 radical (unpaired) electrons. The van der Waals surface area contributed by atoms with Crippen molar-refractivity contribution >= 4 is 34.4 Å². The molecule has 1 saturated heterocycles. The van der Waals surface area contributed by atoms with E-state index in [1.54, 1.807) is 12.3 Å². The molecule has 1 N–H and O–H groups in total. The van der Waals surface area contributed by atoms with Crippen LogP contribution in [-0.4, -0.2) is 27.4 Å². The van der Waals surface area contributed by atoms with Gasteiger partial charge in [-0.05, 0) is 25.0 Å². The zero-order valence-electron chi connectivity index (χ0n) is 12.5. The Kier molecular flexibility index (Phi) is 3.27. The maximum absolute atomic E-state index is 12.8. The molecule has 5 nitrogen and oxygen atoms in total. The van der Waals surface area contributed by atoms with Gasteiger partial charge in [-0.3, -0.25) is 14.7 Å². The third-order valence-electron chi connectivity index (χ3n) is 4.84. The summed E-state index contributed by atoms with van der Waals surface area (Å²) >= 11 is 6.32. The topological polar surface area (TPSA) is 62.3 Å². The molecule has 1 aromatic heterocycles. The number of urea groups is 1. The van der Waals surface area contributed by atoms with Crippen LogP contribution in [0.15, 0.2) is 30.5 Å². The second-order valence-electron chi connectivity index (χ2n) is 6.21. The van der Waals surface area contributed by atoms with Crippen LogP contribution in [0.1, 0.15) is 31.2 Å². The van der Waals surface area contributed by atoms with Crippen LogP contribution < -0.4 is 5.32 Å². The van der Waals surface area contributed by atoms with Gasteiger partial charge in [-0.1, -0.05) is 36.6 Å². The maximum atomic E-state index is 12.8. The zero-order chi connectivity index (χ0) is 16.0. The number of rotatable bonds is 2.